The summed E-state index contributed by atoms with van der Waals surface area (Å²) in [5, 5.41) is 12.6. The maximum Gasteiger partial charge on any atom is 0.326 e. The van der Waals surface area contributed by atoms with Gasteiger partial charge in [0.1, 0.15) is 17.8 Å². The Morgan fingerprint density at radius 1 is 1.04 bits per heavy atom. The topological polar surface area (TPSA) is 116 Å². The summed E-state index contributed by atoms with van der Waals surface area (Å²) in [6, 6.07) is 20.9. The molecular formula is C38H51N3O6S. The van der Waals surface area contributed by atoms with Gasteiger partial charge in [0.2, 0.25) is 15.9 Å². The molecule has 0 spiro atoms. The number of aliphatic carboxylic acids is 1. The van der Waals surface area contributed by atoms with E-state index in [1.54, 1.807) is 19.2 Å². The first kappa shape index (κ1) is 36.9. The van der Waals surface area contributed by atoms with Crippen LogP contribution in [-0.4, -0.2) is 68.0 Å². The van der Waals surface area contributed by atoms with Crippen LogP contribution in [-0.2, 0) is 32.5 Å². The van der Waals surface area contributed by atoms with E-state index in [-0.39, 0.29) is 17.9 Å². The number of nitrogens with zero attached hydrogens (tertiary/aromatic N) is 2. The van der Waals surface area contributed by atoms with Crippen LogP contribution in [0.3, 0.4) is 0 Å². The Morgan fingerprint density at radius 3 is 2.38 bits per heavy atom. The number of hydrogen-bond acceptors (Lipinski definition) is 6. The summed E-state index contributed by atoms with van der Waals surface area (Å²) in [6.45, 7) is 9.83. The number of methoxy groups -OCH3 is 1. The van der Waals surface area contributed by atoms with Crippen LogP contribution in [0, 0.1) is 12.8 Å². The van der Waals surface area contributed by atoms with E-state index >= 15 is 0 Å². The van der Waals surface area contributed by atoms with Crippen LogP contribution < -0.4 is 15.0 Å². The fourth-order valence-electron chi connectivity index (χ4n) is 6.56. The number of aryl methyl sites for hydroxylation is 2. The second-order valence-corrected chi connectivity index (χ2v) is 15.0. The standard InChI is InChI=1S/C38H51N3O6S/c1-6-22-40(32-9-7-10-33(26-32)47-5)29(4)24-28(3)12-15-30-16-18-31(19-17-30)25-35(38(43)44)39-37(42)36-11-8-23-41(36)48(45,46)34-20-13-27(2)14-21-34/h7,9-10,13-14,16-21,26,28-29,35-36H,6,8,11-12,15,22-25H2,1-5H3,(H,39,42)(H,43,44)/t28?,29?,35-,36-/m0/s1. The number of benzene rings is 3. The Kier molecular flexibility index (Phi) is 13.1. The van der Waals surface area contributed by atoms with Gasteiger partial charge in [-0.15, -0.1) is 0 Å². The summed E-state index contributed by atoms with van der Waals surface area (Å²) in [6.07, 6.45) is 5.02. The third-order valence-corrected chi connectivity index (χ3v) is 11.2. The molecule has 4 rings (SSSR count). The highest BCUT2D eigenvalue weighted by Gasteiger charge is 2.40. The average molecular weight is 678 g/mol. The van der Waals surface area contributed by atoms with Crippen LogP contribution in [0.4, 0.5) is 5.69 Å². The summed E-state index contributed by atoms with van der Waals surface area (Å²) in [7, 11) is -2.20. The Hall–Kier alpha value is -3.89. The van der Waals surface area contributed by atoms with Crippen LogP contribution in [0.2, 0.25) is 0 Å². The molecule has 0 aliphatic carbocycles. The predicted molar refractivity (Wildman–Crippen MR) is 190 cm³/mol. The second kappa shape index (κ2) is 17.0. The lowest BCUT2D eigenvalue weighted by atomic mass is 9.93. The Labute approximate surface area is 286 Å². The molecule has 1 aliphatic heterocycles. The van der Waals surface area contributed by atoms with Crippen LogP contribution in [0.15, 0.2) is 77.7 Å². The molecule has 260 valence electrons. The number of carboxylic acids is 1. The monoisotopic (exact) mass is 677 g/mol. The molecule has 1 amide bonds. The summed E-state index contributed by atoms with van der Waals surface area (Å²) >= 11 is 0. The zero-order valence-electron chi connectivity index (χ0n) is 28.9. The van der Waals surface area contributed by atoms with Gasteiger partial charge >= 0.3 is 5.97 Å². The van der Waals surface area contributed by atoms with Crippen molar-refractivity contribution in [2.24, 2.45) is 5.92 Å². The average Bonchev–Trinajstić information content (AvgIpc) is 3.58. The molecule has 0 radical (unpaired) electrons. The number of hydrogen-bond donors (Lipinski definition) is 2. The molecule has 9 nitrogen and oxygen atoms in total. The molecule has 1 saturated heterocycles. The van der Waals surface area contributed by atoms with Crippen molar-refractivity contribution < 1.29 is 27.9 Å². The normalized spacial score (nSPS) is 17.0. The summed E-state index contributed by atoms with van der Waals surface area (Å²) in [5.74, 6) is -0.382. The highest BCUT2D eigenvalue weighted by atomic mass is 32.2. The number of nitrogens with one attached hydrogen (secondary N) is 1. The van der Waals surface area contributed by atoms with Crippen molar-refractivity contribution in [2.45, 2.75) is 95.7 Å². The van der Waals surface area contributed by atoms with Crippen LogP contribution in [0.25, 0.3) is 0 Å². The smallest absolute Gasteiger partial charge is 0.326 e. The van der Waals surface area contributed by atoms with Crippen LogP contribution >= 0.6 is 0 Å². The molecule has 2 N–H and O–H groups in total. The Bertz CT molecular complexity index is 1610. The first-order valence-electron chi connectivity index (χ1n) is 17.0. The van der Waals surface area contributed by atoms with Gasteiger partial charge in [-0.25, -0.2) is 13.2 Å². The maximum absolute atomic E-state index is 13.3. The van der Waals surface area contributed by atoms with Crippen molar-refractivity contribution in [3.05, 3.63) is 89.5 Å². The van der Waals surface area contributed by atoms with Gasteiger partial charge in [0, 0.05) is 37.3 Å². The van der Waals surface area contributed by atoms with Crippen molar-refractivity contribution in [3.63, 3.8) is 0 Å². The molecule has 0 saturated carbocycles. The highest BCUT2D eigenvalue weighted by Crippen LogP contribution is 2.28. The predicted octanol–water partition coefficient (Wildman–Crippen LogP) is 6.23. The number of amides is 1. The molecule has 10 heteroatoms. The van der Waals surface area contributed by atoms with Crippen LogP contribution in [0.1, 0.15) is 69.6 Å². The van der Waals surface area contributed by atoms with Crippen molar-refractivity contribution in [1.29, 1.82) is 0 Å². The molecule has 1 heterocycles. The lowest BCUT2D eigenvalue weighted by Gasteiger charge is -2.33. The van der Waals surface area contributed by atoms with Gasteiger partial charge < -0.3 is 20.1 Å². The second-order valence-electron chi connectivity index (χ2n) is 13.1. The molecule has 4 atom stereocenters. The van der Waals surface area contributed by atoms with E-state index < -0.39 is 34.0 Å². The van der Waals surface area contributed by atoms with Crippen molar-refractivity contribution >= 4 is 27.6 Å². The zero-order valence-corrected chi connectivity index (χ0v) is 29.7. The molecule has 0 aromatic heterocycles. The zero-order chi connectivity index (χ0) is 34.8. The van der Waals surface area contributed by atoms with Gasteiger partial charge in [-0.3, -0.25) is 4.79 Å². The van der Waals surface area contributed by atoms with Gasteiger partial charge in [-0.1, -0.05) is 61.9 Å². The Morgan fingerprint density at radius 2 is 1.73 bits per heavy atom. The van der Waals surface area contributed by atoms with Crippen molar-refractivity contribution in [3.8, 4) is 5.75 Å². The van der Waals surface area contributed by atoms with Crippen molar-refractivity contribution in [1.82, 2.24) is 9.62 Å². The van der Waals surface area contributed by atoms with E-state index in [1.807, 2.05) is 43.3 Å². The first-order valence-corrected chi connectivity index (χ1v) is 18.5. The third kappa shape index (κ3) is 9.60. The quantitative estimate of drug-likeness (QED) is 0.174. The fourth-order valence-corrected chi connectivity index (χ4v) is 8.21. The van der Waals surface area contributed by atoms with Gasteiger partial charge in [0.15, 0.2) is 0 Å². The minimum absolute atomic E-state index is 0.101. The number of carbonyl (C=O) groups excluding carboxylic acids is 1. The van der Waals surface area contributed by atoms with E-state index in [0.29, 0.717) is 24.8 Å². The molecule has 1 fully saturated rings. The summed E-state index contributed by atoms with van der Waals surface area (Å²) in [5.41, 5.74) is 4.07. The maximum atomic E-state index is 13.3. The fraction of sp³-hybridized carbons (Fsp3) is 0.474. The Balaban J connectivity index is 1.31. The lowest BCUT2D eigenvalue weighted by molar-refractivity contribution is -0.142. The number of ether oxygens (including phenoxy) is 1. The highest BCUT2D eigenvalue weighted by molar-refractivity contribution is 7.89. The lowest BCUT2D eigenvalue weighted by Crippen LogP contribution is -2.51. The van der Waals surface area contributed by atoms with Crippen LogP contribution in [0.5, 0.6) is 5.75 Å². The summed E-state index contributed by atoms with van der Waals surface area (Å²) < 4.78 is 33.3. The minimum atomic E-state index is -3.89. The third-order valence-electron chi connectivity index (χ3n) is 9.26. The SMILES string of the molecule is CCCN(c1cccc(OC)c1)C(C)CC(C)CCc1ccc(C[C@H](NC(=O)[C@@H]2CCCN2S(=O)(=O)c2ccc(C)cc2)C(=O)O)cc1. The van der Waals surface area contributed by atoms with Gasteiger partial charge in [-0.2, -0.15) is 4.31 Å². The number of rotatable bonds is 17. The van der Waals surface area contributed by atoms with E-state index in [4.69, 9.17) is 4.74 Å². The molecular weight excluding hydrogens is 627 g/mol. The van der Waals surface area contributed by atoms with E-state index in [2.05, 4.69) is 43.1 Å². The number of carbonyl (C=O) groups is 2. The van der Waals surface area contributed by atoms with E-state index in [9.17, 15) is 23.1 Å². The molecule has 1 aliphatic rings. The molecule has 48 heavy (non-hydrogen) atoms. The minimum Gasteiger partial charge on any atom is -0.497 e. The summed E-state index contributed by atoms with van der Waals surface area (Å²) in [4.78, 5) is 28.0. The van der Waals surface area contributed by atoms with E-state index in [1.165, 1.54) is 27.7 Å². The van der Waals surface area contributed by atoms with Gasteiger partial charge in [-0.05, 0) is 93.7 Å². The van der Waals surface area contributed by atoms with Crippen molar-refractivity contribution in [2.75, 3.05) is 25.1 Å². The van der Waals surface area contributed by atoms with Gasteiger partial charge in [0.05, 0.1) is 12.0 Å². The molecule has 2 unspecified atom stereocenters. The molecule has 0 bridgehead atoms. The van der Waals surface area contributed by atoms with E-state index in [0.717, 1.165) is 49.1 Å². The number of anilines is 1. The first-order chi connectivity index (χ1) is 22.9. The van der Waals surface area contributed by atoms with Gasteiger partial charge in [0.25, 0.3) is 0 Å². The molecule has 3 aromatic rings. The number of sulfonamides is 1. The largest absolute Gasteiger partial charge is 0.497 e. The number of carboxylic acid groups (broad SMARTS) is 1. The molecule has 3 aromatic carbocycles.